The number of amides is 2. The van der Waals surface area contributed by atoms with Crippen molar-refractivity contribution in [3.8, 4) is 5.75 Å². The van der Waals surface area contributed by atoms with Crippen molar-refractivity contribution in [3.05, 3.63) is 28.8 Å². The molecule has 2 rings (SSSR count). The van der Waals surface area contributed by atoms with E-state index in [1.807, 2.05) is 26.8 Å². The third-order valence-corrected chi connectivity index (χ3v) is 4.58. The van der Waals surface area contributed by atoms with Crippen LogP contribution in [0.3, 0.4) is 0 Å². The molecule has 0 bridgehead atoms. The van der Waals surface area contributed by atoms with Gasteiger partial charge in [0.25, 0.3) is 0 Å². The van der Waals surface area contributed by atoms with E-state index >= 15 is 0 Å². The molecule has 0 aliphatic carbocycles. The van der Waals surface area contributed by atoms with Crippen LogP contribution < -0.4 is 10.5 Å². The van der Waals surface area contributed by atoms with Gasteiger partial charge in [-0.15, -0.1) is 0 Å². The van der Waals surface area contributed by atoms with Gasteiger partial charge in [0.1, 0.15) is 11.8 Å². The zero-order valence-electron chi connectivity index (χ0n) is 14.8. The number of benzene rings is 1. The van der Waals surface area contributed by atoms with Crippen molar-refractivity contribution in [3.63, 3.8) is 0 Å². The smallest absolute Gasteiger partial charge is 0.240 e. The largest absolute Gasteiger partial charge is 0.493 e. The molecule has 132 valence electrons. The number of likely N-dealkylation sites (tertiary alicyclic amines) is 1. The van der Waals surface area contributed by atoms with Gasteiger partial charge in [0.2, 0.25) is 11.8 Å². The van der Waals surface area contributed by atoms with Crippen LogP contribution in [0.1, 0.15) is 29.5 Å². The number of nitrogens with zero attached hydrogens (tertiary/aromatic N) is 1. The second-order valence-corrected chi connectivity index (χ2v) is 6.36. The second-order valence-electron chi connectivity index (χ2n) is 6.36. The number of methoxy groups -OCH3 is 1. The fourth-order valence-corrected chi connectivity index (χ4v) is 3.06. The van der Waals surface area contributed by atoms with Gasteiger partial charge in [0, 0.05) is 20.1 Å². The molecule has 0 unspecified atom stereocenters. The predicted octanol–water partition coefficient (Wildman–Crippen LogP) is 1.48. The first-order valence-electron chi connectivity index (χ1n) is 8.15. The van der Waals surface area contributed by atoms with E-state index in [9.17, 15) is 9.59 Å². The molecule has 1 aliphatic rings. The summed E-state index contributed by atoms with van der Waals surface area (Å²) < 4.78 is 11.0. The number of primary amides is 1. The number of hydrogen-bond donors (Lipinski definition) is 1. The molecule has 0 spiro atoms. The van der Waals surface area contributed by atoms with E-state index in [1.165, 1.54) is 4.90 Å². The van der Waals surface area contributed by atoms with Crippen LogP contribution in [-0.4, -0.2) is 49.1 Å². The van der Waals surface area contributed by atoms with Crippen LogP contribution in [0, 0.1) is 20.8 Å². The van der Waals surface area contributed by atoms with Crippen LogP contribution in [0.2, 0.25) is 0 Å². The van der Waals surface area contributed by atoms with Gasteiger partial charge < -0.3 is 20.1 Å². The third-order valence-electron chi connectivity index (χ3n) is 4.58. The lowest BCUT2D eigenvalue weighted by atomic mass is 10.1. The third kappa shape index (κ3) is 4.06. The zero-order valence-corrected chi connectivity index (χ0v) is 14.8. The maximum Gasteiger partial charge on any atom is 0.240 e. The van der Waals surface area contributed by atoms with Gasteiger partial charge >= 0.3 is 0 Å². The van der Waals surface area contributed by atoms with Crippen molar-refractivity contribution < 1.29 is 19.1 Å². The summed E-state index contributed by atoms with van der Waals surface area (Å²) in [4.78, 5) is 25.5. The molecule has 1 saturated heterocycles. The minimum absolute atomic E-state index is 0.139. The summed E-state index contributed by atoms with van der Waals surface area (Å²) in [5.41, 5.74) is 8.75. The number of ether oxygens (including phenoxy) is 2. The molecular formula is C18H26N2O4. The van der Waals surface area contributed by atoms with Crippen LogP contribution in [-0.2, 0) is 14.3 Å². The molecule has 24 heavy (non-hydrogen) atoms. The highest BCUT2D eigenvalue weighted by Crippen LogP contribution is 2.24. The molecule has 1 heterocycles. The summed E-state index contributed by atoms with van der Waals surface area (Å²) in [5, 5.41) is 0. The Hall–Kier alpha value is -2.08. The number of aryl methyl sites for hydroxylation is 2. The highest BCUT2D eigenvalue weighted by Gasteiger charge is 2.38. The SMILES string of the molecule is CO[C@H]1C[C@@H](C(N)=O)N(C(=O)CCOc2cc(C)cc(C)c2C)C1. The van der Waals surface area contributed by atoms with Gasteiger partial charge in [-0.2, -0.15) is 0 Å². The predicted molar refractivity (Wildman–Crippen MR) is 90.9 cm³/mol. The van der Waals surface area contributed by atoms with E-state index in [1.54, 1.807) is 7.11 Å². The van der Waals surface area contributed by atoms with E-state index in [0.717, 1.165) is 22.4 Å². The Morgan fingerprint density at radius 2 is 2.00 bits per heavy atom. The lowest BCUT2D eigenvalue weighted by Crippen LogP contribution is -2.44. The molecule has 2 atom stereocenters. The van der Waals surface area contributed by atoms with E-state index < -0.39 is 11.9 Å². The van der Waals surface area contributed by atoms with E-state index in [4.69, 9.17) is 15.2 Å². The topological polar surface area (TPSA) is 81.9 Å². The molecule has 1 aromatic carbocycles. The van der Waals surface area contributed by atoms with Gasteiger partial charge in [-0.25, -0.2) is 0 Å². The first kappa shape index (κ1) is 18.3. The minimum atomic E-state index is -0.592. The summed E-state index contributed by atoms with van der Waals surface area (Å²) in [7, 11) is 1.57. The zero-order chi connectivity index (χ0) is 17.9. The molecule has 0 aromatic heterocycles. The van der Waals surface area contributed by atoms with Crippen LogP contribution in [0.5, 0.6) is 5.75 Å². The normalized spacial score (nSPS) is 20.2. The van der Waals surface area contributed by atoms with Crippen molar-refractivity contribution in [1.29, 1.82) is 0 Å². The highest BCUT2D eigenvalue weighted by molar-refractivity contribution is 5.87. The Morgan fingerprint density at radius 1 is 1.29 bits per heavy atom. The monoisotopic (exact) mass is 334 g/mol. The fourth-order valence-electron chi connectivity index (χ4n) is 3.06. The van der Waals surface area contributed by atoms with Crippen molar-refractivity contribution >= 4 is 11.8 Å². The standard InChI is InChI=1S/C18H26N2O4/c1-11-7-12(2)13(3)16(8-11)24-6-5-17(21)20-10-14(23-4)9-15(20)18(19)22/h7-8,14-15H,5-6,9-10H2,1-4H3,(H2,19,22)/t14-,15-/m0/s1. The molecule has 0 saturated carbocycles. The van der Waals surface area contributed by atoms with Crippen LogP contribution in [0.4, 0.5) is 0 Å². The maximum atomic E-state index is 12.4. The second kappa shape index (κ2) is 7.66. The number of rotatable bonds is 6. The molecule has 6 nitrogen and oxygen atoms in total. The van der Waals surface area contributed by atoms with E-state index in [2.05, 4.69) is 6.07 Å². The Kier molecular flexibility index (Phi) is 5.83. The minimum Gasteiger partial charge on any atom is -0.493 e. The Labute approximate surface area is 142 Å². The number of nitrogens with two attached hydrogens (primary N) is 1. The van der Waals surface area contributed by atoms with Gasteiger partial charge in [-0.05, 0) is 43.5 Å². The first-order chi connectivity index (χ1) is 11.3. The van der Waals surface area contributed by atoms with Crippen molar-refractivity contribution in [2.75, 3.05) is 20.3 Å². The van der Waals surface area contributed by atoms with Crippen molar-refractivity contribution in [1.82, 2.24) is 4.90 Å². The quantitative estimate of drug-likeness (QED) is 0.854. The highest BCUT2D eigenvalue weighted by atomic mass is 16.5. The average Bonchev–Trinajstić information content (AvgIpc) is 2.96. The maximum absolute atomic E-state index is 12.4. The van der Waals surface area contributed by atoms with Gasteiger partial charge in [-0.1, -0.05) is 6.07 Å². The van der Waals surface area contributed by atoms with E-state index in [-0.39, 0.29) is 25.0 Å². The Bertz CT molecular complexity index is 630. The summed E-state index contributed by atoms with van der Waals surface area (Å²) in [5.74, 6) is 0.164. The molecule has 1 aliphatic heterocycles. The number of carbonyl (C=O) groups is 2. The molecule has 1 aromatic rings. The van der Waals surface area contributed by atoms with Crippen LogP contribution in [0.15, 0.2) is 12.1 Å². The molecule has 2 N–H and O–H groups in total. The lowest BCUT2D eigenvalue weighted by molar-refractivity contribution is -0.137. The van der Waals surface area contributed by atoms with Crippen LogP contribution >= 0.6 is 0 Å². The first-order valence-corrected chi connectivity index (χ1v) is 8.15. The molecular weight excluding hydrogens is 308 g/mol. The number of hydrogen-bond acceptors (Lipinski definition) is 4. The Balaban J connectivity index is 1.95. The molecule has 0 radical (unpaired) electrons. The summed E-state index contributed by atoms with van der Waals surface area (Å²) >= 11 is 0. The Morgan fingerprint density at radius 3 is 2.62 bits per heavy atom. The molecule has 1 fully saturated rings. The van der Waals surface area contributed by atoms with Crippen molar-refractivity contribution in [2.24, 2.45) is 5.73 Å². The van der Waals surface area contributed by atoms with Gasteiger partial charge in [0.15, 0.2) is 0 Å². The van der Waals surface area contributed by atoms with E-state index in [0.29, 0.717) is 13.0 Å². The molecule has 6 heteroatoms. The fraction of sp³-hybridized carbons (Fsp3) is 0.556. The average molecular weight is 334 g/mol. The van der Waals surface area contributed by atoms with Gasteiger partial charge in [0.05, 0.1) is 19.1 Å². The van der Waals surface area contributed by atoms with Crippen LogP contribution in [0.25, 0.3) is 0 Å². The summed E-state index contributed by atoms with van der Waals surface area (Å²) in [6.45, 7) is 6.70. The molecule has 2 amide bonds. The summed E-state index contributed by atoms with van der Waals surface area (Å²) in [6.07, 6.45) is 0.510. The lowest BCUT2D eigenvalue weighted by Gasteiger charge is -2.22. The van der Waals surface area contributed by atoms with Crippen molar-refractivity contribution in [2.45, 2.75) is 45.8 Å². The van der Waals surface area contributed by atoms with Gasteiger partial charge in [-0.3, -0.25) is 9.59 Å². The number of carbonyl (C=O) groups excluding carboxylic acids is 2. The summed E-state index contributed by atoms with van der Waals surface area (Å²) in [6, 6.07) is 3.47.